The summed E-state index contributed by atoms with van der Waals surface area (Å²) in [4.78, 5) is 12.0. The molecule has 4 heteroatoms. The highest BCUT2D eigenvalue weighted by Crippen LogP contribution is 2.24. The van der Waals surface area contributed by atoms with Crippen LogP contribution in [0.5, 0.6) is 0 Å². The van der Waals surface area contributed by atoms with Gasteiger partial charge in [0, 0.05) is 16.8 Å². The van der Waals surface area contributed by atoms with Crippen LogP contribution in [-0.2, 0) is 0 Å². The van der Waals surface area contributed by atoms with Crippen molar-refractivity contribution in [2.45, 2.75) is 19.8 Å². The fraction of sp³-hybridized carbons (Fsp3) is 0.357. The zero-order chi connectivity index (χ0) is 13.1. The first kappa shape index (κ1) is 13.1. The van der Waals surface area contributed by atoms with Gasteiger partial charge in [0.05, 0.1) is 0 Å². The number of ketones is 1. The second-order valence-electron chi connectivity index (χ2n) is 4.60. The van der Waals surface area contributed by atoms with Crippen molar-refractivity contribution in [1.29, 1.82) is 0 Å². The summed E-state index contributed by atoms with van der Waals surface area (Å²) in [5.74, 6) is 0.770. The Morgan fingerprint density at radius 1 is 1.44 bits per heavy atom. The van der Waals surface area contributed by atoms with Crippen LogP contribution >= 0.6 is 11.6 Å². The molecule has 0 saturated carbocycles. The van der Waals surface area contributed by atoms with Crippen molar-refractivity contribution in [2.24, 2.45) is 11.7 Å². The molecular formula is C14H16ClNO2. The Kier molecular flexibility index (Phi) is 4.04. The lowest BCUT2D eigenvalue weighted by molar-refractivity contribution is 0.0950. The van der Waals surface area contributed by atoms with Crippen molar-refractivity contribution in [3.05, 3.63) is 35.0 Å². The normalized spacial score (nSPS) is 12.8. The van der Waals surface area contributed by atoms with Crippen LogP contribution in [0.3, 0.4) is 0 Å². The van der Waals surface area contributed by atoms with Crippen molar-refractivity contribution in [3.63, 3.8) is 0 Å². The van der Waals surface area contributed by atoms with Gasteiger partial charge in [0.1, 0.15) is 5.58 Å². The van der Waals surface area contributed by atoms with Crippen molar-refractivity contribution in [3.8, 4) is 0 Å². The van der Waals surface area contributed by atoms with Gasteiger partial charge in [-0.15, -0.1) is 0 Å². The third-order valence-corrected chi connectivity index (χ3v) is 3.25. The van der Waals surface area contributed by atoms with E-state index in [2.05, 4.69) is 0 Å². The topological polar surface area (TPSA) is 56.2 Å². The number of Topliss-reactive ketones (excluding diaryl/α,β-unsaturated/α-hetero) is 1. The van der Waals surface area contributed by atoms with Crippen LogP contribution in [0, 0.1) is 5.92 Å². The van der Waals surface area contributed by atoms with Crippen molar-refractivity contribution < 1.29 is 9.21 Å². The smallest absolute Gasteiger partial charge is 0.198 e. The van der Waals surface area contributed by atoms with E-state index >= 15 is 0 Å². The second-order valence-corrected chi connectivity index (χ2v) is 5.03. The lowest BCUT2D eigenvalue weighted by Crippen LogP contribution is -2.12. The molecule has 0 bridgehead atoms. The average Bonchev–Trinajstić information content (AvgIpc) is 2.78. The van der Waals surface area contributed by atoms with Crippen LogP contribution in [0.4, 0.5) is 0 Å². The van der Waals surface area contributed by atoms with E-state index in [1.807, 2.05) is 6.92 Å². The fourth-order valence-electron chi connectivity index (χ4n) is 1.77. The number of carbonyl (C=O) groups excluding carboxylic acids is 1. The predicted octanol–water partition coefficient (Wildman–Crippen LogP) is 3.64. The number of carbonyl (C=O) groups is 1. The molecule has 2 aromatic rings. The summed E-state index contributed by atoms with van der Waals surface area (Å²) in [6.07, 6.45) is 1.25. The predicted molar refractivity (Wildman–Crippen MR) is 73.0 cm³/mol. The molecule has 18 heavy (non-hydrogen) atoms. The first-order valence-electron chi connectivity index (χ1n) is 6.02. The fourth-order valence-corrected chi connectivity index (χ4v) is 1.95. The molecule has 0 aliphatic heterocycles. The lowest BCUT2D eigenvalue weighted by atomic mass is 10.0. The molecule has 1 heterocycles. The highest BCUT2D eigenvalue weighted by molar-refractivity contribution is 6.31. The average molecular weight is 266 g/mol. The molecule has 0 radical (unpaired) electrons. The SMILES string of the molecule is CC(CN)CCC(=O)c1cc2cc(Cl)ccc2o1. The van der Waals surface area contributed by atoms with Crippen molar-refractivity contribution in [2.75, 3.05) is 6.54 Å². The van der Waals surface area contributed by atoms with Gasteiger partial charge < -0.3 is 10.2 Å². The highest BCUT2D eigenvalue weighted by atomic mass is 35.5. The monoisotopic (exact) mass is 265 g/mol. The summed E-state index contributed by atoms with van der Waals surface area (Å²) in [7, 11) is 0. The molecule has 2 N–H and O–H groups in total. The molecule has 1 atom stereocenters. The Hall–Kier alpha value is -1.32. The van der Waals surface area contributed by atoms with E-state index in [4.69, 9.17) is 21.8 Å². The molecule has 1 aromatic heterocycles. The largest absolute Gasteiger partial charge is 0.453 e. The summed E-state index contributed by atoms with van der Waals surface area (Å²) in [5.41, 5.74) is 6.21. The molecule has 1 unspecified atom stereocenters. The number of fused-ring (bicyclic) bond motifs is 1. The molecule has 96 valence electrons. The van der Waals surface area contributed by atoms with Gasteiger partial charge in [-0.3, -0.25) is 4.79 Å². The van der Waals surface area contributed by atoms with E-state index in [0.29, 0.717) is 35.2 Å². The van der Waals surface area contributed by atoms with E-state index in [9.17, 15) is 4.79 Å². The van der Waals surface area contributed by atoms with E-state index in [-0.39, 0.29) is 5.78 Å². The third-order valence-electron chi connectivity index (χ3n) is 3.02. The van der Waals surface area contributed by atoms with Crippen molar-refractivity contribution in [1.82, 2.24) is 0 Å². The van der Waals surface area contributed by atoms with Gasteiger partial charge in [0.25, 0.3) is 0 Å². The molecule has 2 rings (SSSR count). The number of nitrogens with two attached hydrogens (primary N) is 1. The van der Waals surface area contributed by atoms with Crippen LogP contribution in [0.15, 0.2) is 28.7 Å². The van der Waals surface area contributed by atoms with E-state index < -0.39 is 0 Å². The van der Waals surface area contributed by atoms with E-state index in [1.54, 1.807) is 24.3 Å². The highest BCUT2D eigenvalue weighted by Gasteiger charge is 2.13. The van der Waals surface area contributed by atoms with Crippen LogP contribution in [0.1, 0.15) is 30.3 Å². The second kappa shape index (κ2) is 5.55. The molecule has 1 aromatic carbocycles. The summed E-state index contributed by atoms with van der Waals surface area (Å²) in [6, 6.07) is 7.06. The van der Waals surface area contributed by atoms with Gasteiger partial charge in [0.2, 0.25) is 0 Å². The summed E-state index contributed by atoms with van der Waals surface area (Å²) < 4.78 is 5.51. The van der Waals surface area contributed by atoms with Gasteiger partial charge in [-0.05, 0) is 43.1 Å². The van der Waals surface area contributed by atoms with Crippen LogP contribution in [-0.4, -0.2) is 12.3 Å². The summed E-state index contributed by atoms with van der Waals surface area (Å²) >= 11 is 5.89. The Bertz CT molecular complexity index is 562. The molecule has 0 aliphatic carbocycles. The number of furan rings is 1. The molecule has 0 aliphatic rings. The standard InChI is InChI=1S/C14H16ClNO2/c1-9(8-16)2-4-12(17)14-7-10-6-11(15)3-5-13(10)18-14/h3,5-7,9H,2,4,8,16H2,1H3. The van der Waals surface area contributed by atoms with Crippen LogP contribution in [0.2, 0.25) is 5.02 Å². The Morgan fingerprint density at radius 2 is 2.22 bits per heavy atom. The Morgan fingerprint density at radius 3 is 2.94 bits per heavy atom. The maximum Gasteiger partial charge on any atom is 0.198 e. The number of hydrogen-bond donors (Lipinski definition) is 1. The molecule has 0 amide bonds. The summed E-state index contributed by atoms with van der Waals surface area (Å²) in [6.45, 7) is 2.63. The molecule has 0 saturated heterocycles. The van der Waals surface area contributed by atoms with Gasteiger partial charge in [-0.25, -0.2) is 0 Å². The Balaban J connectivity index is 2.13. The molecule has 0 spiro atoms. The van der Waals surface area contributed by atoms with Crippen molar-refractivity contribution >= 4 is 28.4 Å². The maximum atomic E-state index is 12.0. The van der Waals surface area contributed by atoms with Gasteiger partial charge >= 0.3 is 0 Å². The zero-order valence-electron chi connectivity index (χ0n) is 10.3. The minimum absolute atomic E-state index is 0.0163. The van der Waals surface area contributed by atoms with Gasteiger partial charge in [-0.2, -0.15) is 0 Å². The minimum atomic E-state index is 0.0163. The van der Waals surface area contributed by atoms with Crippen LogP contribution in [0.25, 0.3) is 11.0 Å². The van der Waals surface area contributed by atoms with E-state index in [1.165, 1.54) is 0 Å². The number of rotatable bonds is 5. The third kappa shape index (κ3) is 2.92. The Labute approximate surface area is 111 Å². The first-order chi connectivity index (χ1) is 8.60. The number of halogens is 1. The lowest BCUT2D eigenvalue weighted by Gasteiger charge is -2.05. The molecular weight excluding hydrogens is 250 g/mol. The quantitative estimate of drug-likeness (QED) is 0.840. The van der Waals surface area contributed by atoms with Gasteiger partial charge in [-0.1, -0.05) is 18.5 Å². The first-order valence-corrected chi connectivity index (χ1v) is 6.40. The minimum Gasteiger partial charge on any atom is -0.453 e. The number of hydrogen-bond acceptors (Lipinski definition) is 3. The van der Waals surface area contributed by atoms with Crippen LogP contribution < -0.4 is 5.73 Å². The van der Waals surface area contributed by atoms with Gasteiger partial charge in [0.15, 0.2) is 11.5 Å². The van der Waals surface area contributed by atoms with E-state index in [0.717, 1.165) is 11.8 Å². The summed E-state index contributed by atoms with van der Waals surface area (Å²) in [5, 5.41) is 1.50. The molecule has 3 nitrogen and oxygen atoms in total. The number of benzene rings is 1. The maximum absolute atomic E-state index is 12.0. The zero-order valence-corrected chi connectivity index (χ0v) is 11.0. The molecule has 0 fully saturated rings.